The molecule has 2 aromatic carbocycles. The van der Waals surface area contributed by atoms with Gasteiger partial charge in [-0.1, -0.05) is 30.3 Å². The Bertz CT molecular complexity index is 1050. The highest BCUT2D eigenvalue weighted by Crippen LogP contribution is 2.35. The maximum Gasteiger partial charge on any atom is 0.306 e. The summed E-state index contributed by atoms with van der Waals surface area (Å²) < 4.78 is 7.73. The predicted octanol–water partition coefficient (Wildman–Crippen LogP) is 3.94. The number of benzene rings is 2. The quantitative estimate of drug-likeness (QED) is 0.170. The highest BCUT2D eigenvalue weighted by molar-refractivity contribution is 7.81. The predicted molar refractivity (Wildman–Crippen MR) is 153 cm³/mol. The minimum atomic E-state index is -0.257. The molecular weight excluding hydrogens is 492 g/mol. The number of anilines is 1. The lowest BCUT2D eigenvalue weighted by molar-refractivity contribution is -0.437. The van der Waals surface area contributed by atoms with E-state index in [1.165, 1.54) is 17.0 Å². The van der Waals surface area contributed by atoms with Crippen molar-refractivity contribution in [2.24, 2.45) is 0 Å². The summed E-state index contributed by atoms with van der Waals surface area (Å²) in [6.45, 7) is 3.97. The zero-order valence-corrected chi connectivity index (χ0v) is 22.6. The fourth-order valence-electron chi connectivity index (χ4n) is 4.46. The van der Waals surface area contributed by atoms with Gasteiger partial charge in [0.2, 0.25) is 5.69 Å². The van der Waals surface area contributed by atoms with E-state index in [0.717, 1.165) is 17.8 Å². The largest absolute Gasteiger partial charge is 0.461 e. The van der Waals surface area contributed by atoms with Gasteiger partial charge in [-0.25, -0.2) is 0 Å². The Morgan fingerprint density at radius 1 is 1.06 bits per heavy atom. The number of aliphatic hydroxyl groups excluding tert-OH is 2. The Balaban J connectivity index is 1.75. The first-order valence-corrected chi connectivity index (χ1v) is 13.7. The van der Waals surface area contributed by atoms with E-state index >= 15 is 0 Å². The number of carbonyl (C=O) groups excluding carboxylic acids is 1. The molecule has 0 aromatic heterocycles. The molecule has 1 heterocycles. The van der Waals surface area contributed by atoms with Gasteiger partial charge in [-0.2, -0.15) is 29.8 Å². The van der Waals surface area contributed by atoms with Gasteiger partial charge in [0.15, 0.2) is 5.71 Å². The molecule has 0 radical (unpaired) electrons. The molecule has 0 aliphatic carbocycles. The number of para-hydroxylation sites is 1. The molecule has 2 N–H and O–H groups in total. The summed E-state index contributed by atoms with van der Waals surface area (Å²) in [5.74, 6) is 0.969. The first-order chi connectivity index (χ1) is 17.5. The van der Waals surface area contributed by atoms with Crippen LogP contribution in [0.1, 0.15) is 36.8 Å². The van der Waals surface area contributed by atoms with Gasteiger partial charge in [-0.15, -0.1) is 0 Å². The number of thiol groups is 2. The molecule has 36 heavy (non-hydrogen) atoms. The van der Waals surface area contributed by atoms with E-state index in [9.17, 15) is 15.0 Å². The van der Waals surface area contributed by atoms with Crippen molar-refractivity contribution in [2.75, 3.05) is 49.3 Å². The summed E-state index contributed by atoms with van der Waals surface area (Å²) in [6.07, 6.45) is 5.04. The van der Waals surface area contributed by atoms with Gasteiger partial charge in [-0.05, 0) is 30.7 Å². The number of ether oxygens (including phenoxy) is 1. The number of carbonyl (C=O) groups is 1. The van der Waals surface area contributed by atoms with Crippen molar-refractivity contribution in [3.8, 4) is 0 Å². The van der Waals surface area contributed by atoms with Gasteiger partial charge in [0, 0.05) is 54.4 Å². The van der Waals surface area contributed by atoms with Crippen LogP contribution >= 0.6 is 25.3 Å². The van der Waals surface area contributed by atoms with Gasteiger partial charge in [0.25, 0.3) is 0 Å². The molecule has 194 valence electrons. The average Bonchev–Trinajstić information content (AvgIpc) is 3.17. The second-order valence-electron chi connectivity index (χ2n) is 8.80. The normalized spacial score (nSPS) is 15.1. The molecule has 3 rings (SSSR count). The van der Waals surface area contributed by atoms with Gasteiger partial charge in [0.1, 0.15) is 12.6 Å². The molecule has 0 spiro atoms. The topological polar surface area (TPSA) is 73.0 Å². The van der Waals surface area contributed by atoms with E-state index < -0.39 is 0 Å². The Labute approximate surface area is 225 Å². The Morgan fingerprint density at radius 2 is 1.72 bits per heavy atom. The van der Waals surface area contributed by atoms with E-state index in [2.05, 4.69) is 67.1 Å². The van der Waals surface area contributed by atoms with Gasteiger partial charge < -0.3 is 19.8 Å². The average molecular weight is 530 g/mol. The number of nitrogens with zero attached hydrogens (tertiary/aromatic N) is 2. The van der Waals surface area contributed by atoms with Crippen molar-refractivity contribution in [1.82, 2.24) is 0 Å². The third-order valence-corrected chi connectivity index (χ3v) is 7.18. The molecule has 0 saturated carbocycles. The Hall–Kier alpha value is -2.26. The molecular formula is C28H37N2O4S2+. The molecule has 6 nitrogen and oxygen atoms in total. The molecule has 0 saturated heterocycles. The Morgan fingerprint density at radius 3 is 2.36 bits per heavy atom. The van der Waals surface area contributed by atoms with Crippen LogP contribution in [0.25, 0.3) is 6.08 Å². The summed E-state index contributed by atoms with van der Waals surface area (Å²) in [6, 6.07) is 16.5. The highest BCUT2D eigenvalue weighted by atomic mass is 32.1. The minimum Gasteiger partial charge on any atom is -0.461 e. The van der Waals surface area contributed by atoms with Crippen LogP contribution in [0, 0.1) is 0 Å². The molecule has 1 aliphatic rings. The second-order valence-corrected chi connectivity index (χ2v) is 9.53. The molecule has 0 fully saturated rings. The first kappa shape index (κ1) is 28.3. The highest BCUT2D eigenvalue weighted by Gasteiger charge is 2.34. The maximum atomic E-state index is 12.2. The number of aliphatic hydroxyl groups is 2. The molecule has 1 aliphatic heterocycles. The van der Waals surface area contributed by atoms with Crippen LogP contribution in [-0.2, 0) is 9.53 Å². The maximum absolute atomic E-state index is 12.2. The van der Waals surface area contributed by atoms with Crippen LogP contribution in [0.15, 0.2) is 54.6 Å². The number of esters is 1. The lowest BCUT2D eigenvalue weighted by Crippen LogP contribution is -2.29. The van der Waals surface area contributed by atoms with Crippen LogP contribution in [0.3, 0.4) is 0 Å². The van der Waals surface area contributed by atoms with Gasteiger partial charge in [0.05, 0.1) is 25.6 Å². The van der Waals surface area contributed by atoms with Gasteiger partial charge >= 0.3 is 5.97 Å². The lowest BCUT2D eigenvalue weighted by Gasteiger charge is -2.22. The number of hydrogen-bond donors (Lipinski definition) is 4. The van der Waals surface area contributed by atoms with E-state index in [1.54, 1.807) is 0 Å². The van der Waals surface area contributed by atoms with Crippen molar-refractivity contribution in [1.29, 1.82) is 0 Å². The summed E-state index contributed by atoms with van der Waals surface area (Å²) in [5, 5.41) is 18.6. The number of allylic oxidation sites excluding steroid dienone is 1. The van der Waals surface area contributed by atoms with E-state index in [0.29, 0.717) is 37.4 Å². The zero-order valence-electron chi connectivity index (χ0n) is 20.8. The molecule has 1 unspecified atom stereocenters. The van der Waals surface area contributed by atoms with Crippen LogP contribution < -0.4 is 4.90 Å². The summed E-state index contributed by atoms with van der Waals surface area (Å²) in [7, 11) is 0. The van der Waals surface area contributed by atoms with Crippen LogP contribution in [0.2, 0.25) is 0 Å². The molecule has 8 heteroatoms. The van der Waals surface area contributed by atoms with E-state index in [1.807, 2.05) is 35.2 Å². The summed E-state index contributed by atoms with van der Waals surface area (Å²) >= 11 is 8.41. The van der Waals surface area contributed by atoms with Crippen molar-refractivity contribution < 1.29 is 24.3 Å². The third kappa shape index (κ3) is 7.38. The van der Waals surface area contributed by atoms with Crippen molar-refractivity contribution in [3.63, 3.8) is 0 Å². The van der Waals surface area contributed by atoms with Crippen LogP contribution in [-0.4, -0.2) is 76.9 Å². The van der Waals surface area contributed by atoms with E-state index in [-0.39, 0.29) is 31.2 Å². The third-order valence-electron chi connectivity index (χ3n) is 6.36. The minimum absolute atomic E-state index is 0.0386. The number of hydrogen-bond acceptors (Lipinski definition) is 7. The second kappa shape index (κ2) is 14.5. The zero-order chi connectivity index (χ0) is 25.9. The fraction of sp³-hybridized carbons (Fsp3) is 0.429. The molecule has 0 bridgehead atoms. The van der Waals surface area contributed by atoms with Crippen molar-refractivity contribution in [3.05, 3.63) is 65.7 Å². The SMILES string of the molecule is CC1C(C=Cc2ccc(N(CCO)CCO)cc2)=[N+](CCCC(=O)OC(CS)CS)c2ccccc21. The molecule has 2 aromatic rings. The smallest absolute Gasteiger partial charge is 0.306 e. The van der Waals surface area contributed by atoms with Crippen molar-refractivity contribution >= 4 is 54.4 Å². The lowest BCUT2D eigenvalue weighted by atomic mass is 9.97. The summed E-state index contributed by atoms with van der Waals surface area (Å²) in [5.41, 5.74) is 5.69. The van der Waals surface area contributed by atoms with Gasteiger partial charge in [-0.3, -0.25) is 4.79 Å². The monoisotopic (exact) mass is 529 g/mol. The number of fused-ring (bicyclic) bond motifs is 1. The van der Waals surface area contributed by atoms with Crippen LogP contribution in [0.5, 0.6) is 0 Å². The molecule has 0 amide bonds. The first-order valence-electron chi connectivity index (χ1n) is 12.4. The molecule has 1 atom stereocenters. The standard InChI is InChI=1S/C28H36N2O4S2/c1-21-25-5-2-3-6-27(25)30(14-4-7-28(33)34-24(19-35)20-36)26(21)13-10-22-8-11-23(12-9-22)29(15-17-31)16-18-32/h2-3,5-6,8-13,21,24,31-32H,4,7,14-20H2,1H3,(H-,35,36)/p+1. The van der Waals surface area contributed by atoms with E-state index in [4.69, 9.17) is 4.74 Å². The number of rotatable bonds is 14. The van der Waals surface area contributed by atoms with Crippen molar-refractivity contribution in [2.45, 2.75) is 31.8 Å². The Kier molecular flexibility index (Phi) is 11.4. The van der Waals surface area contributed by atoms with Crippen LogP contribution in [0.4, 0.5) is 11.4 Å². The summed E-state index contributed by atoms with van der Waals surface area (Å²) in [4.78, 5) is 14.2. The fourth-order valence-corrected chi connectivity index (χ4v) is 5.07.